The molecule has 0 N–H and O–H groups in total. The maximum atomic E-state index is 1.74. The highest BCUT2D eigenvalue weighted by molar-refractivity contribution is 5.22. The fraction of sp³-hybridized carbons (Fsp3) is 1.00. The van der Waals surface area contributed by atoms with E-state index in [2.05, 4.69) is 0 Å². The standard InChI is InChI=1S/C30H44/c1-19-2-21-3-20(1)9-27(8-19,10-21)29-14-25-7-26(15-29)17-30(16-25,18-29)28-11-22-4-23(12-28)6-24(5-22)13-28/h19-26H,1-18H2. The molecule has 0 heterocycles. The van der Waals surface area contributed by atoms with Crippen LogP contribution in [0, 0.1) is 69.0 Å². The molecule has 0 radical (unpaired) electrons. The quantitative estimate of drug-likeness (QED) is 0.437. The molecular formula is C30H44. The second kappa shape index (κ2) is 5.22. The van der Waals surface area contributed by atoms with E-state index in [9.17, 15) is 0 Å². The zero-order valence-corrected chi connectivity index (χ0v) is 19.3. The molecule has 12 fully saturated rings. The van der Waals surface area contributed by atoms with Crippen molar-refractivity contribution < 1.29 is 0 Å². The van der Waals surface area contributed by atoms with Crippen LogP contribution in [0.1, 0.15) is 116 Å². The molecule has 0 atom stereocenters. The zero-order chi connectivity index (χ0) is 19.3. The predicted molar refractivity (Wildman–Crippen MR) is 121 cm³/mol. The summed E-state index contributed by atoms with van der Waals surface area (Å²) < 4.78 is 0. The van der Waals surface area contributed by atoms with Crippen LogP contribution in [0.25, 0.3) is 0 Å². The van der Waals surface area contributed by atoms with E-state index in [1.54, 1.807) is 116 Å². The van der Waals surface area contributed by atoms with Crippen molar-refractivity contribution in [1.82, 2.24) is 0 Å². The van der Waals surface area contributed by atoms with Gasteiger partial charge in [-0.15, -0.1) is 0 Å². The van der Waals surface area contributed by atoms with Crippen molar-refractivity contribution in [2.24, 2.45) is 69.0 Å². The highest BCUT2D eigenvalue weighted by Gasteiger charge is 2.72. The molecule has 0 aliphatic heterocycles. The largest absolute Gasteiger partial charge is 0.0475 e. The van der Waals surface area contributed by atoms with Crippen LogP contribution in [0.3, 0.4) is 0 Å². The predicted octanol–water partition coefficient (Wildman–Crippen LogP) is 8.01. The first-order chi connectivity index (χ1) is 14.5. The summed E-state index contributed by atoms with van der Waals surface area (Å²) >= 11 is 0. The van der Waals surface area contributed by atoms with Gasteiger partial charge in [0.15, 0.2) is 0 Å². The van der Waals surface area contributed by atoms with Crippen molar-refractivity contribution in [3.8, 4) is 0 Å². The second-order valence-electron chi connectivity index (χ2n) is 15.9. The van der Waals surface area contributed by atoms with Crippen LogP contribution < -0.4 is 0 Å². The molecule has 30 heavy (non-hydrogen) atoms. The Bertz CT molecular complexity index is 639. The van der Waals surface area contributed by atoms with Crippen molar-refractivity contribution >= 4 is 0 Å². The minimum atomic E-state index is 0.816. The van der Waals surface area contributed by atoms with E-state index in [-0.39, 0.29) is 0 Å². The Morgan fingerprint density at radius 1 is 0.267 bits per heavy atom. The van der Waals surface area contributed by atoms with Gasteiger partial charge in [-0.3, -0.25) is 0 Å². The molecule has 12 saturated carbocycles. The Balaban J connectivity index is 1.16. The van der Waals surface area contributed by atoms with E-state index >= 15 is 0 Å². The van der Waals surface area contributed by atoms with E-state index < -0.39 is 0 Å². The SMILES string of the molecule is C1C2CC3CC1CC(C14CC5CC(C1)CC(C16CC7CC(CC(C7)C1)C6)(C5)C4)(C2)C3. The van der Waals surface area contributed by atoms with Crippen molar-refractivity contribution in [1.29, 1.82) is 0 Å². The summed E-state index contributed by atoms with van der Waals surface area (Å²) in [5, 5.41) is 0. The van der Waals surface area contributed by atoms with Crippen LogP contribution in [-0.4, -0.2) is 0 Å². The lowest BCUT2D eigenvalue weighted by molar-refractivity contribution is -0.267. The Hall–Kier alpha value is 0. The molecule has 0 nitrogen and oxygen atoms in total. The molecule has 0 spiro atoms. The summed E-state index contributed by atoms with van der Waals surface area (Å²) in [6, 6.07) is 0. The highest BCUT2D eigenvalue weighted by atomic mass is 14.8. The summed E-state index contributed by atoms with van der Waals surface area (Å²) in [6.45, 7) is 0. The molecule has 0 aromatic heterocycles. The van der Waals surface area contributed by atoms with Crippen molar-refractivity contribution in [3.63, 3.8) is 0 Å². The first kappa shape index (κ1) is 17.5. The van der Waals surface area contributed by atoms with Crippen LogP contribution >= 0.6 is 0 Å². The Kier molecular flexibility index (Phi) is 3.04. The molecule has 164 valence electrons. The summed E-state index contributed by atoms with van der Waals surface area (Å²) in [4.78, 5) is 0. The Labute approximate surface area is 184 Å². The fourth-order valence-electron chi connectivity index (χ4n) is 15.0. The van der Waals surface area contributed by atoms with Gasteiger partial charge in [0.2, 0.25) is 0 Å². The monoisotopic (exact) mass is 404 g/mol. The van der Waals surface area contributed by atoms with Gasteiger partial charge in [-0.2, -0.15) is 0 Å². The van der Waals surface area contributed by atoms with Crippen molar-refractivity contribution in [3.05, 3.63) is 0 Å². The molecular weight excluding hydrogens is 360 g/mol. The first-order valence-corrected chi connectivity index (χ1v) is 14.5. The Morgan fingerprint density at radius 3 is 0.800 bits per heavy atom. The van der Waals surface area contributed by atoms with E-state index in [4.69, 9.17) is 0 Å². The lowest BCUT2D eigenvalue weighted by Crippen LogP contribution is -2.67. The van der Waals surface area contributed by atoms with Crippen molar-refractivity contribution in [2.75, 3.05) is 0 Å². The summed E-state index contributed by atoms with van der Waals surface area (Å²) in [5.41, 5.74) is 3.28. The number of hydrogen-bond acceptors (Lipinski definition) is 0. The number of rotatable bonds is 2. The van der Waals surface area contributed by atoms with Gasteiger partial charge in [0.05, 0.1) is 0 Å². The maximum Gasteiger partial charge on any atom is -0.0230 e. The van der Waals surface area contributed by atoms with E-state index in [1.807, 2.05) is 0 Å². The molecule has 0 unspecified atom stereocenters. The van der Waals surface area contributed by atoms with Gasteiger partial charge in [-0.1, -0.05) is 0 Å². The maximum absolute atomic E-state index is 1.74. The minimum absolute atomic E-state index is 0.816. The highest BCUT2D eigenvalue weighted by Crippen LogP contribution is 2.82. The molecule has 12 rings (SSSR count). The van der Waals surface area contributed by atoms with E-state index in [0.29, 0.717) is 0 Å². The lowest BCUT2D eigenvalue weighted by atomic mass is 9.28. The fourth-order valence-corrected chi connectivity index (χ4v) is 15.0. The summed E-state index contributed by atoms with van der Waals surface area (Å²) in [7, 11) is 0. The zero-order valence-electron chi connectivity index (χ0n) is 19.3. The Morgan fingerprint density at radius 2 is 0.500 bits per heavy atom. The smallest absolute Gasteiger partial charge is 0.0230 e. The van der Waals surface area contributed by atoms with Crippen LogP contribution in [0.4, 0.5) is 0 Å². The van der Waals surface area contributed by atoms with Crippen LogP contribution in [0.15, 0.2) is 0 Å². The van der Waals surface area contributed by atoms with Crippen LogP contribution in [-0.2, 0) is 0 Å². The van der Waals surface area contributed by atoms with Gasteiger partial charge in [-0.25, -0.2) is 0 Å². The normalized spacial score (nSPS) is 68.8. The van der Waals surface area contributed by atoms with Crippen LogP contribution in [0.5, 0.6) is 0 Å². The van der Waals surface area contributed by atoms with Gasteiger partial charge >= 0.3 is 0 Å². The molecule has 12 aliphatic carbocycles. The summed E-state index contributed by atoms with van der Waals surface area (Å²) in [5.74, 6) is 9.21. The average Bonchev–Trinajstić information content (AvgIpc) is 2.65. The second-order valence-corrected chi connectivity index (χ2v) is 15.9. The van der Waals surface area contributed by atoms with Gasteiger partial charge in [-0.05, 0) is 185 Å². The first-order valence-electron chi connectivity index (χ1n) is 14.5. The summed E-state index contributed by atoms with van der Waals surface area (Å²) in [6.07, 6.45) is 30.2. The van der Waals surface area contributed by atoms with Gasteiger partial charge in [0.25, 0.3) is 0 Å². The molecule has 12 bridgehead atoms. The van der Waals surface area contributed by atoms with Crippen molar-refractivity contribution in [2.45, 2.75) is 116 Å². The molecule has 0 aromatic carbocycles. The van der Waals surface area contributed by atoms with E-state index in [1.165, 1.54) is 0 Å². The minimum Gasteiger partial charge on any atom is -0.0475 e. The topological polar surface area (TPSA) is 0 Å². The molecule has 12 aliphatic rings. The molecule has 0 aromatic rings. The lowest BCUT2D eigenvalue weighted by Gasteiger charge is -2.76. The third-order valence-electron chi connectivity index (χ3n) is 14.4. The van der Waals surface area contributed by atoms with Gasteiger partial charge < -0.3 is 0 Å². The van der Waals surface area contributed by atoms with Crippen LogP contribution in [0.2, 0.25) is 0 Å². The molecule has 0 heteroatoms. The molecule has 0 amide bonds. The van der Waals surface area contributed by atoms with E-state index in [0.717, 1.165) is 69.0 Å². The van der Waals surface area contributed by atoms with Gasteiger partial charge in [0.1, 0.15) is 0 Å². The molecule has 0 saturated heterocycles. The average molecular weight is 405 g/mol. The number of hydrogen-bond donors (Lipinski definition) is 0. The third kappa shape index (κ3) is 1.96. The third-order valence-corrected chi connectivity index (χ3v) is 14.4. The van der Waals surface area contributed by atoms with Gasteiger partial charge in [0, 0.05) is 0 Å².